The molecule has 0 heterocycles. The van der Waals surface area contributed by atoms with Crippen LogP contribution in [0.4, 0.5) is 10.5 Å². The molecule has 0 atom stereocenters. The number of carboxylic acids is 1. The number of hydrogen-bond acceptors (Lipinski definition) is 4. The van der Waals surface area contributed by atoms with Crippen LogP contribution < -0.4 is 20.1 Å². The Bertz CT molecular complexity index is 536. The molecule has 0 aliphatic heterocycles. The molecular weight excluding hydrogens is 356 g/mol. The summed E-state index contributed by atoms with van der Waals surface area (Å²) >= 11 is 3.35. The molecule has 0 unspecified atom stereocenters. The van der Waals surface area contributed by atoms with E-state index in [0.717, 1.165) is 0 Å². The Morgan fingerprint density at radius 2 is 1.77 bits per heavy atom. The van der Waals surface area contributed by atoms with Gasteiger partial charge in [-0.05, 0) is 29.8 Å². The second-order valence-electron chi connectivity index (χ2n) is 4.17. The van der Waals surface area contributed by atoms with E-state index < -0.39 is 12.0 Å². The van der Waals surface area contributed by atoms with Crippen molar-refractivity contribution in [2.24, 2.45) is 0 Å². The molecule has 22 heavy (non-hydrogen) atoms. The molecule has 122 valence electrons. The molecule has 1 aromatic rings. The van der Waals surface area contributed by atoms with Crippen molar-refractivity contribution in [3.05, 3.63) is 16.6 Å². The van der Waals surface area contributed by atoms with Crippen molar-refractivity contribution >= 4 is 33.6 Å². The lowest BCUT2D eigenvalue weighted by atomic mass is 10.2. The lowest BCUT2D eigenvalue weighted by Crippen LogP contribution is -2.30. The fourth-order valence-corrected chi connectivity index (χ4v) is 2.04. The maximum Gasteiger partial charge on any atom is 0.319 e. The Kier molecular flexibility index (Phi) is 7.51. The number of nitrogens with one attached hydrogen (secondary N) is 2. The van der Waals surface area contributed by atoms with Crippen LogP contribution in [0.3, 0.4) is 0 Å². The molecule has 3 N–H and O–H groups in total. The number of rotatable bonds is 8. The fourth-order valence-electron chi connectivity index (χ4n) is 1.62. The van der Waals surface area contributed by atoms with Gasteiger partial charge in [-0.15, -0.1) is 0 Å². The van der Waals surface area contributed by atoms with Crippen molar-refractivity contribution < 1.29 is 24.2 Å². The summed E-state index contributed by atoms with van der Waals surface area (Å²) < 4.78 is 11.6. The number of benzene rings is 1. The summed E-state index contributed by atoms with van der Waals surface area (Å²) in [7, 11) is 0. The van der Waals surface area contributed by atoms with E-state index in [4.69, 9.17) is 14.6 Å². The van der Waals surface area contributed by atoms with Crippen molar-refractivity contribution in [1.82, 2.24) is 5.32 Å². The summed E-state index contributed by atoms with van der Waals surface area (Å²) in [5.41, 5.74) is 0.500. The number of carbonyl (C=O) groups is 2. The zero-order chi connectivity index (χ0) is 16.5. The second kappa shape index (κ2) is 9.14. The average molecular weight is 375 g/mol. The maximum atomic E-state index is 11.7. The van der Waals surface area contributed by atoms with E-state index in [1.54, 1.807) is 12.1 Å². The van der Waals surface area contributed by atoms with Gasteiger partial charge >= 0.3 is 12.0 Å². The Morgan fingerprint density at radius 3 is 2.32 bits per heavy atom. The largest absolute Gasteiger partial charge is 0.490 e. The normalized spacial score (nSPS) is 9.95. The summed E-state index contributed by atoms with van der Waals surface area (Å²) in [6.07, 6.45) is -0.137. The Balaban J connectivity index is 2.79. The fraction of sp³-hybridized carbons (Fsp3) is 0.429. The van der Waals surface area contributed by atoms with Crippen LogP contribution in [0.25, 0.3) is 0 Å². The zero-order valence-electron chi connectivity index (χ0n) is 12.4. The third-order valence-electron chi connectivity index (χ3n) is 2.51. The molecule has 0 saturated carbocycles. The molecule has 2 amide bonds. The quantitative estimate of drug-likeness (QED) is 0.649. The molecule has 0 aliphatic carbocycles. The van der Waals surface area contributed by atoms with Gasteiger partial charge in [-0.3, -0.25) is 4.79 Å². The first kappa shape index (κ1) is 18.1. The summed E-state index contributed by atoms with van der Waals surface area (Å²) in [6.45, 7) is 4.73. The number of urea groups is 1. The van der Waals surface area contributed by atoms with E-state index in [-0.39, 0.29) is 13.0 Å². The monoisotopic (exact) mass is 374 g/mol. The van der Waals surface area contributed by atoms with Crippen molar-refractivity contribution in [1.29, 1.82) is 0 Å². The van der Waals surface area contributed by atoms with Crippen molar-refractivity contribution in [3.63, 3.8) is 0 Å². The van der Waals surface area contributed by atoms with Crippen LogP contribution in [-0.2, 0) is 4.79 Å². The van der Waals surface area contributed by atoms with Gasteiger partial charge in [0.05, 0.1) is 25.3 Å². The number of hydrogen-bond donors (Lipinski definition) is 3. The van der Waals surface area contributed by atoms with E-state index in [9.17, 15) is 9.59 Å². The summed E-state index contributed by atoms with van der Waals surface area (Å²) in [4.78, 5) is 22.1. The smallest absolute Gasteiger partial charge is 0.319 e. The first-order valence-corrected chi connectivity index (χ1v) is 7.63. The van der Waals surface area contributed by atoms with Crippen LogP contribution in [-0.4, -0.2) is 36.9 Å². The molecule has 0 bridgehead atoms. The van der Waals surface area contributed by atoms with Crippen molar-refractivity contribution in [2.45, 2.75) is 20.3 Å². The van der Waals surface area contributed by atoms with Gasteiger partial charge in [0.25, 0.3) is 0 Å². The molecule has 0 aromatic heterocycles. The predicted octanol–water partition coefficient (Wildman–Crippen LogP) is 2.84. The molecule has 0 radical (unpaired) electrons. The third kappa shape index (κ3) is 5.80. The van der Waals surface area contributed by atoms with E-state index in [0.29, 0.717) is 34.9 Å². The first-order valence-electron chi connectivity index (χ1n) is 6.83. The predicted molar refractivity (Wildman–Crippen MR) is 85.8 cm³/mol. The van der Waals surface area contributed by atoms with Gasteiger partial charge in [0, 0.05) is 23.2 Å². The van der Waals surface area contributed by atoms with Gasteiger partial charge in [0.1, 0.15) is 0 Å². The minimum atomic E-state index is -0.971. The first-order chi connectivity index (χ1) is 10.5. The highest BCUT2D eigenvalue weighted by atomic mass is 79.9. The molecule has 0 spiro atoms. The number of halogens is 1. The van der Waals surface area contributed by atoms with E-state index in [1.807, 2.05) is 13.8 Å². The van der Waals surface area contributed by atoms with Crippen LogP contribution >= 0.6 is 15.9 Å². The van der Waals surface area contributed by atoms with E-state index >= 15 is 0 Å². The van der Waals surface area contributed by atoms with Crippen LogP contribution in [0.2, 0.25) is 0 Å². The van der Waals surface area contributed by atoms with Crippen molar-refractivity contribution in [2.75, 3.05) is 25.1 Å². The lowest BCUT2D eigenvalue weighted by Gasteiger charge is -2.15. The maximum absolute atomic E-state index is 11.7. The van der Waals surface area contributed by atoms with Gasteiger partial charge < -0.3 is 25.2 Å². The lowest BCUT2D eigenvalue weighted by molar-refractivity contribution is -0.136. The number of ether oxygens (including phenoxy) is 2. The van der Waals surface area contributed by atoms with Crippen LogP contribution in [0, 0.1) is 0 Å². The van der Waals surface area contributed by atoms with Crippen LogP contribution in [0.15, 0.2) is 16.6 Å². The Labute approximate surface area is 137 Å². The Hall–Kier alpha value is -1.96. The van der Waals surface area contributed by atoms with E-state index in [2.05, 4.69) is 26.6 Å². The SMILES string of the molecule is CCOc1cc(Br)c(NC(=O)NCCC(=O)O)cc1OCC. The molecule has 0 aliphatic rings. The van der Waals surface area contributed by atoms with Gasteiger partial charge in [0.2, 0.25) is 0 Å². The van der Waals surface area contributed by atoms with Crippen LogP contribution in [0.1, 0.15) is 20.3 Å². The summed E-state index contributed by atoms with van der Waals surface area (Å²) in [6, 6.07) is 2.87. The summed E-state index contributed by atoms with van der Waals surface area (Å²) in [5, 5.41) is 13.6. The zero-order valence-corrected chi connectivity index (χ0v) is 14.0. The number of carboxylic acid groups (broad SMARTS) is 1. The highest BCUT2D eigenvalue weighted by Crippen LogP contribution is 2.36. The summed E-state index contributed by atoms with van der Waals surface area (Å²) in [5.74, 6) is 0.127. The van der Waals surface area contributed by atoms with Gasteiger partial charge in [-0.25, -0.2) is 4.79 Å². The second-order valence-corrected chi connectivity index (χ2v) is 5.02. The van der Waals surface area contributed by atoms with Crippen LogP contribution in [0.5, 0.6) is 11.5 Å². The molecule has 7 nitrogen and oxygen atoms in total. The molecule has 1 aromatic carbocycles. The number of anilines is 1. The topological polar surface area (TPSA) is 96.9 Å². The minimum absolute atomic E-state index is 0.0497. The number of carbonyl (C=O) groups excluding carboxylic acids is 1. The molecule has 1 rings (SSSR count). The average Bonchev–Trinajstić information content (AvgIpc) is 2.43. The minimum Gasteiger partial charge on any atom is -0.490 e. The van der Waals surface area contributed by atoms with Crippen molar-refractivity contribution in [3.8, 4) is 11.5 Å². The molecule has 0 saturated heterocycles. The Morgan fingerprint density at radius 1 is 1.18 bits per heavy atom. The highest BCUT2D eigenvalue weighted by molar-refractivity contribution is 9.10. The van der Waals surface area contributed by atoms with E-state index in [1.165, 1.54) is 0 Å². The van der Waals surface area contributed by atoms with Gasteiger partial charge in [-0.2, -0.15) is 0 Å². The van der Waals surface area contributed by atoms with Gasteiger partial charge in [0.15, 0.2) is 11.5 Å². The molecular formula is C14H19BrN2O5. The number of amides is 2. The molecule has 8 heteroatoms. The third-order valence-corrected chi connectivity index (χ3v) is 3.16. The standard InChI is InChI=1S/C14H19BrN2O5/c1-3-21-11-7-9(15)10(8-12(11)22-4-2)17-14(20)16-6-5-13(18)19/h7-8H,3-6H2,1-2H3,(H,18,19)(H2,16,17,20). The van der Waals surface area contributed by atoms with Gasteiger partial charge in [-0.1, -0.05) is 0 Å². The number of aliphatic carboxylic acids is 1. The molecule has 0 fully saturated rings. The highest BCUT2D eigenvalue weighted by Gasteiger charge is 2.12.